The number of Topliss-reactive ketones (excluding diaryl/α,β-unsaturated/α-hetero) is 1. The Morgan fingerprint density at radius 2 is 2.27 bits per heavy atom. The van der Waals surface area contributed by atoms with Crippen molar-refractivity contribution in [2.45, 2.75) is 38.0 Å². The maximum atomic E-state index is 12.4. The molecule has 1 aliphatic carbocycles. The molecule has 3 fully saturated rings. The van der Waals surface area contributed by atoms with Crippen LogP contribution < -0.4 is 5.73 Å². The van der Waals surface area contributed by atoms with Gasteiger partial charge in [0.05, 0.1) is 19.2 Å². The van der Waals surface area contributed by atoms with Crippen LogP contribution in [0, 0.1) is 5.92 Å². The van der Waals surface area contributed by atoms with Crippen LogP contribution in [-0.4, -0.2) is 53.5 Å². The SMILES string of the molecule is NC(=O)C1=CN2CC3OCC4CCCC(=O)C4N3CC2=CC1. The monoisotopic (exact) mass is 303 g/mol. The van der Waals surface area contributed by atoms with E-state index in [4.69, 9.17) is 10.5 Å². The summed E-state index contributed by atoms with van der Waals surface area (Å²) >= 11 is 0. The van der Waals surface area contributed by atoms with Crippen molar-refractivity contribution in [1.29, 1.82) is 0 Å². The van der Waals surface area contributed by atoms with Crippen LogP contribution in [0.3, 0.4) is 0 Å². The number of ether oxygens (including phenoxy) is 1. The molecule has 3 heterocycles. The smallest absolute Gasteiger partial charge is 0.246 e. The molecule has 2 saturated heterocycles. The molecule has 2 N–H and O–H groups in total. The third kappa shape index (κ3) is 2.18. The van der Waals surface area contributed by atoms with Gasteiger partial charge in [0.25, 0.3) is 0 Å². The number of nitrogens with zero attached hydrogens (tertiary/aromatic N) is 2. The molecule has 118 valence electrons. The van der Waals surface area contributed by atoms with Crippen molar-refractivity contribution in [3.63, 3.8) is 0 Å². The Morgan fingerprint density at radius 1 is 1.41 bits per heavy atom. The van der Waals surface area contributed by atoms with Crippen molar-refractivity contribution < 1.29 is 14.3 Å². The lowest BCUT2D eigenvalue weighted by Crippen LogP contribution is -2.64. The summed E-state index contributed by atoms with van der Waals surface area (Å²) in [5, 5.41) is 0. The van der Waals surface area contributed by atoms with E-state index in [2.05, 4.69) is 9.80 Å². The van der Waals surface area contributed by atoms with Gasteiger partial charge in [-0.25, -0.2) is 0 Å². The average molecular weight is 303 g/mol. The minimum absolute atomic E-state index is 0.0112. The molecule has 0 aromatic heterocycles. The van der Waals surface area contributed by atoms with Gasteiger partial charge in [-0.15, -0.1) is 0 Å². The molecular weight excluding hydrogens is 282 g/mol. The molecule has 4 aliphatic rings. The second-order valence-electron chi connectivity index (χ2n) is 6.59. The number of primary amides is 1. The number of rotatable bonds is 1. The van der Waals surface area contributed by atoms with Gasteiger partial charge in [-0.05, 0) is 19.3 Å². The molecule has 1 amide bonds. The van der Waals surface area contributed by atoms with Crippen LogP contribution >= 0.6 is 0 Å². The highest BCUT2D eigenvalue weighted by molar-refractivity contribution is 5.92. The van der Waals surface area contributed by atoms with E-state index < -0.39 is 0 Å². The Bertz CT molecular complexity index is 583. The van der Waals surface area contributed by atoms with Gasteiger partial charge in [0, 0.05) is 36.4 Å². The van der Waals surface area contributed by atoms with Gasteiger partial charge < -0.3 is 15.4 Å². The molecule has 0 aromatic rings. The average Bonchev–Trinajstić information content (AvgIpc) is 2.52. The number of carbonyl (C=O) groups is 2. The van der Waals surface area contributed by atoms with Gasteiger partial charge in [0.2, 0.25) is 5.91 Å². The summed E-state index contributed by atoms with van der Waals surface area (Å²) in [6.07, 6.45) is 7.14. The van der Waals surface area contributed by atoms with Crippen LogP contribution in [-0.2, 0) is 14.3 Å². The van der Waals surface area contributed by atoms with E-state index in [1.54, 1.807) is 0 Å². The number of hydrogen-bond donors (Lipinski definition) is 1. The van der Waals surface area contributed by atoms with E-state index >= 15 is 0 Å². The van der Waals surface area contributed by atoms with Gasteiger partial charge >= 0.3 is 0 Å². The minimum Gasteiger partial charge on any atom is -0.366 e. The van der Waals surface area contributed by atoms with Crippen LogP contribution in [0.25, 0.3) is 0 Å². The van der Waals surface area contributed by atoms with Crippen molar-refractivity contribution in [3.05, 3.63) is 23.5 Å². The lowest BCUT2D eigenvalue weighted by Gasteiger charge is -2.52. The van der Waals surface area contributed by atoms with E-state index in [0.717, 1.165) is 18.5 Å². The van der Waals surface area contributed by atoms with E-state index in [1.165, 1.54) is 0 Å². The van der Waals surface area contributed by atoms with Crippen LogP contribution in [0.2, 0.25) is 0 Å². The zero-order chi connectivity index (χ0) is 15.3. The fraction of sp³-hybridized carbons (Fsp3) is 0.625. The number of hydrogen-bond acceptors (Lipinski definition) is 5. The van der Waals surface area contributed by atoms with Gasteiger partial charge in [-0.1, -0.05) is 6.08 Å². The topological polar surface area (TPSA) is 75.9 Å². The summed E-state index contributed by atoms with van der Waals surface area (Å²) in [5.41, 5.74) is 7.14. The molecule has 6 nitrogen and oxygen atoms in total. The third-order valence-electron chi connectivity index (χ3n) is 5.26. The number of fused-ring (bicyclic) bond motifs is 4. The number of piperazine rings is 1. The van der Waals surface area contributed by atoms with E-state index in [-0.39, 0.29) is 18.2 Å². The molecule has 0 aromatic carbocycles. The highest BCUT2D eigenvalue weighted by Crippen LogP contribution is 2.36. The number of nitrogens with two attached hydrogens (primary N) is 1. The first-order chi connectivity index (χ1) is 10.6. The van der Waals surface area contributed by atoms with Crippen molar-refractivity contribution >= 4 is 11.7 Å². The van der Waals surface area contributed by atoms with Crippen LogP contribution in [0.15, 0.2) is 23.5 Å². The van der Waals surface area contributed by atoms with Gasteiger partial charge in [-0.2, -0.15) is 0 Å². The molecule has 0 radical (unpaired) electrons. The molecule has 0 bridgehead atoms. The molecule has 22 heavy (non-hydrogen) atoms. The predicted molar refractivity (Wildman–Crippen MR) is 79.3 cm³/mol. The van der Waals surface area contributed by atoms with Gasteiger partial charge in [-0.3, -0.25) is 14.5 Å². The number of allylic oxidation sites excluding steroid dienone is 1. The Labute approximate surface area is 129 Å². The standard InChI is InChI=1S/C16H21N3O3/c17-16(21)10-4-5-12-7-19-14(8-18(12)6-10)22-9-11-2-1-3-13(20)15(11)19/h5-6,11,14-15H,1-4,7-9H2,(H2,17,21). The molecule has 1 saturated carbocycles. The fourth-order valence-electron chi connectivity index (χ4n) is 4.12. The first kappa shape index (κ1) is 14.0. The van der Waals surface area contributed by atoms with E-state index in [1.807, 2.05) is 12.3 Å². The Hall–Kier alpha value is -1.66. The van der Waals surface area contributed by atoms with Gasteiger partial charge in [0.15, 0.2) is 0 Å². The minimum atomic E-state index is -0.371. The molecule has 0 spiro atoms. The Kier molecular flexibility index (Phi) is 3.31. The number of ketones is 1. The normalized spacial score (nSPS) is 35.0. The summed E-state index contributed by atoms with van der Waals surface area (Å²) in [4.78, 5) is 28.0. The quantitative estimate of drug-likeness (QED) is 0.757. The lowest BCUT2D eigenvalue weighted by molar-refractivity contribution is -0.178. The van der Waals surface area contributed by atoms with Gasteiger partial charge in [0.1, 0.15) is 12.0 Å². The first-order valence-corrected chi connectivity index (χ1v) is 7.99. The zero-order valence-corrected chi connectivity index (χ0v) is 12.5. The highest BCUT2D eigenvalue weighted by Gasteiger charge is 2.46. The van der Waals surface area contributed by atoms with E-state index in [0.29, 0.717) is 49.8 Å². The molecule has 3 atom stereocenters. The highest BCUT2D eigenvalue weighted by atomic mass is 16.5. The largest absolute Gasteiger partial charge is 0.366 e. The Balaban J connectivity index is 1.58. The third-order valence-corrected chi connectivity index (χ3v) is 5.26. The second kappa shape index (κ2) is 5.21. The lowest BCUT2D eigenvalue weighted by atomic mass is 9.81. The van der Waals surface area contributed by atoms with Crippen molar-refractivity contribution in [2.75, 3.05) is 19.7 Å². The van der Waals surface area contributed by atoms with Crippen molar-refractivity contribution in [3.8, 4) is 0 Å². The summed E-state index contributed by atoms with van der Waals surface area (Å²) < 4.78 is 6.00. The maximum Gasteiger partial charge on any atom is 0.246 e. The van der Waals surface area contributed by atoms with Crippen LogP contribution in [0.4, 0.5) is 0 Å². The summed E-state index contributed by atoms with van der Waals surface area (Å²) in [5.74, 6) is 0.331. The zero-order valence-electron chi connectivity index (χ0n) is 12.5. The molecule has 4 rings (SSSR count). The second-order valence-corrected chi connectivity index (χ2v) is 6.59. The molecule has 3 unspecified atom stereocenters. The maximum absolute atomic E-state index is 12.4. The van der Waals surface area contributed by atoms with E-state index in [9.17, 15) is 9.59 Å². The van der Waals surface area contributed by atoms with Crippen molar-refractivity contribution in [1.82, 2.24) is 9.80 Å². The summed E-state index contributed by atoms with van der Waals surface area (Å²) in [6, 6.07) is 0.0112. The van der Waals surface area contributed by atoms with Crippen LogP contribution in [0.5, 0.6) is 0 Å². The fourth-order valence-corrected chi connectivity index (χ4v) is 4.12. The predicted octanol–water partition coefficient (Wildman–Crippen LogP) is 0.355. The molecular formula is C16H21N3O3. The number of amides is 1. The van der Waals surface area contributed by atoms with Crippen molar-refractivity contribution in [2.24, 2.45) is 11.7 Å². The number of carbonyl (C=O) groups excluding carboxylic acids is 2. The summed E-state index contributed by atoms with van der Waals surface area (Å²) in [6.45, 7) is 2.02. The molecule has 3 aliphatic heterocycles. The molecule has 6 heteroatoms. The van der Waals surface area contributed by atoms with Crippen LogP contribution in [0.1, 0.15) is 25.7 Å². The Morgan fingerprint density at radius 3 is 3.09 bits per heavy atom. The first-order valence-electron chi connectivity index (χ1n) is 7.99. The summed E-state index contributed by atoms with van der Waals surface area (Å²) in [7, 11) is 0.